The lowest BCUT2D eigenvalue weighted by atomic mass is 10.1. The molecule has 0 radical (unpaired) electrons. The average Bonchev–Trinajstić information content (AvgIpc) is 2.84. The van der Waals surface area contributed by atoms with E-state index in [0.717, 1.165) is 6.42 Å². The second-order valence-electron chi connectivity index (χ2n) is 4.11. The van der Waals surface area contributed by atoms with Crippen LogP contribution in [0.3, 0.4) is 0 Å². The Morgan fingerprint density at radius 2 is 2.26 bits per heavy atom. The minimum atomic E-state index is -0.426. The van der Waals surface area contributed by atoms with Crippen molar-refractivity contribution in [1.82, 2.24) is 10.1 Å². The van der Waals surface area contributed by atoms with Crippen LogP contribution in [0, 0.1) is 17.0 Å². The summed E-state index contributed by atoms with van der Waals surface area (Å²) in [4.78, 5) is 14.7. The minimum absolute atomic E-state index is 0.0409. The van der Waals surface area contributed by atoms with E-state index in [4.69, 9.17) is 10.3 Å². The second-order valence-corrected chi connectivity index (χ2v) is 4.11. The molecule has 0 aliphatic heterocycles. The highest BCUT2D eigenvalue weighted by Gasteiger charge is 2.18. The number of nitro benzene ring substituents is 1. The van der Waals surface area contributed by atoms with E-state index in [2.05, 4.69) is 10.1 Å². The molecule has 19 heavy (non-hydrogen) atoms. The van der Waals surface area contributed by atoms with Gasteiger partial charge in [-0.3, -0.25) is 10.1 Å². The molecule has 0 aliphatic rings. The van der Waals surface area contributed by atoms with E-state index < -0.39 is 4.92 Å². The number of aromatic nitrogens is 2. The molecule has 0 aliphatic carbocycles. The SMILES string of the molecule is Cc1c(-c2nc(CCCN)no2)cccc1[N+](=O)[O-]. The number of hydrogen-bond acceptors (Lipinski definition) is 6. The predicted molar refractivity (Wildman–Crippen MR) is 68.5 cm³/mol. The predicted octanol–water partition coefficient (Wildman–Crippen LogP) is 1.84. The summed E-state index contributed by atoms with van der Waals surface area (Å²) in [6.07, 6.45) is 1.40. The molecule has 1 heterocycles. The number of aryl methyl sites for hydroxylation is 1. The first-order valence-electron chi connectivity index (χ1n) is 5.90. The smallest absolute Gasteiger partial charge is 0.273 e. The molecule has 2 N–H and O–H groups in total. The van der Waals surface area contributed by atoms with Gasteiger partial charge in [-0.15, -0.1) is 0 Å². The lowest BCUT2D eigenvalue weighted by molar-refractivity contribution is -0.385. The molecule has 1 aromatic carbocycles. The average molecular weight is 262 g/mol. The van der Waals surface area contributed by atoms with Gasteiger partial charge in [0, 0.05) is 23.6 Å². The van der Waals surface area contributed by atoms with E-state index >= 15 is 0 Å². The zero-order valence-corrected chi connectivity index (χ0v) is 10.5. The van der Waals surface area contributed by atoms with Crippen LogP contribution < -0.4 is 5.73 Å². The van der Waals surface area contributed by atoms with Crippen LogP contribution in [0.1, 0.15) is 17.8 Å². The normalized spacial score (nSPS) is 10.6. The van der Waals surface area contributed by atoms with Gasteiger partial charge in [-0.1, -0.05) is 11.2 Å². The largest absolute Gasteiger partial charge is 0.334 e. The first kappa shape index (κ1) is 13.2. The van der Waals surface area contributed by atoms with E-state index in [9.17, 15) is 10.1 Å². The molecular formula is C12H14N4O3. The zero-order chi connectivity index (χ0) is 13.8. The first-order chi connectivity index (χ1) is 9.13. The lowest BCUT2D eigenvalue weighted by Gasteiger charge is -2.00. The van der Waals surface area contributed by atoms with E-state index in [1.807, 2.05) is 0 Å². The molecule has 0 saturated heterocycles. The van der Waals surface area contributed by atoms with Crippen LogP contribution in [0.2, 0.25) is 0 Å². The highest BCUT2D eigenvalue weighted by Crippen LogP contribution is 2.28. The van der Waals surface area contributed by atoms with E-state index in [0.29, 0.717) is 35.8 Å². The monoisotopic (exact) mass is 262 g/mol. The summed E-state index contributed by atoms with van der Waals surface area (Å²) in [7, 11) is 0. The van der Waals surface area contributed by atoms with Crippen LogP contribution >= 0.6 is 0 Å². The highest BCUT2D eigenvalue weighted by atomic mass is 16.6. The van der Waals surface area contributed by atoms with Gasteiger partial charge in [0.2, 0.25) is 0 Å². The van der Waals surface area contributed by atoms with E-state index in [1.54, 1.807) is 19.1 Å². The van der Waals surface area contributed by atoms with Crippen molar-refractivity contribution in [1.29, 1.82) is 0 Å². The molecule has 0 spiro atoms. The number of hydrogen-bond donors (Lipinski definition) is 1. The van der Waals surface area contributed by atoms with Gasteiger partial charge in [0.1, 0.15) is 0 Å². The summed E-state index contributed by atoms with van der Waals surface area (Å²) in [5, 5.41) is 14.7. The molecule has 100 valence electrons. The summed E-state index contributed by atoms with van der Waals surface area (Å²) in [6.45, 7) is 2.22. The van der Waals surface area contributed by atoms with Crippen molar-refractivity contribution in [2.75, 3.05) is 6.54 Å². The summed E-state index contributed by atoms with van der Waals surface area (Å²) >= 11 is 0. The lowest BCUT2D eigenvalue weighted by Crippen LogP contribution is -2.01. The zero-order valence-electron chi connectivity index (χ0n) is 10.5. The maximum Gasteiger partial charge on any atom is 0.273 e. The van der Waals surface area contributed by atoms with Crippen molar-refractivity contribution >= 4 is 5.69 Å². The van der Waals surface area contributed by atoms with Gasteiger partial charge >= 0.3 is 0 Å². The van der Waals surface area contributed by atoms with Gasteiger partial charge in [-0.05, 0) is 26.0 Å². The van der Waals surface area contributed by atoms with Crippen LogP contribution in [0.15, 0.2) is 22.7 Å². The Hall–Kier alpha value is -2.28. The first-order valence-corrected chi connectivity index (χ1v) is 5.90. The molecule has 7 nitrogen and oxygen atoms in total. The molecule has 1 aromatic heterocycles. The molecule has 0 fully saturated rings. The Balaban J connectivity index is 2.34. The van der Waals surface area contributed by atoms with E-state index in [1.165, 1.54) is 6.07 Å². The summed E-state index contributed by atoms with van der Waals surface area (Å²) < 4.78 is 5.14. The summed E-state index contributed by atoms with van der Waals surface area (Å²) in [5.74, 6) is 0.861. The van der Waals surface area contributed by atoms with Crippen molar-refractivity contribution in [2.24, 2.45) is 5.73 Å². The number of nitrogens with zero attached hydrogens (tertiary/aromatic N) is 3. The van der Waals surface area contributed by atoms with Gasteiger partial charge in [0.05, 0.1) is 4.92 Å². The fourth-order valence-corrected chi connectivity index (χ4v) is 1.78. The van der Waals surface area contributed by atoms with Crippen LogP contribution in [-0.2, 0) is 6.42 Å². The maximum absolute atomic E-state index is 10.9. The second kappa shape index (κ2) is 5.57. The van der Waals surface area contributed by atoms with Crippen molar-refractivity contribution in [3.63, 3.8) is 0 Å². The quantitative estimate of drug-likeness (QED) is 0.650. The van der Waals surface area contributed by atoms with Crippen LogP contribution in [0.5, 0.6) is 0 Å². The Kier molecular flexibility index (Phi) is 3.86. The van der Waals surface area contributed by atoms with Gasteiger partial charge in [-0.25, -0.2) is 0 Å². The van der Waals surface area contributed by atoms with Crippen LogP contribution in [-0.4, -0.2) is 21.6 Å². The molecule has 0 bridgehead atoms. The standard InChI is InChI=1S/C12H14N4O3/c1-8-9(4-2-5-10(8)16(17)18)12-14-11(15-19-12)6-3-7-13/h2,4-5H,3,6-7,13H2,1H3. The summed E-state index contributed by atoms with van der Waals surface area (Å²) in [6, 6.07) is 4.78. The maximum atomic E-state index is 10.9. The molecule has 2 rings (SSSR count). The van der Waals surface area contributed by atoms with Crippen molar-refractivity contribution in [3.8, 4) is 11.5 Å². The molecule has 7 heteroatoms. The molecule has 0 saturated carbocycles. The topological polar surface area (TPSA) is 108 Å². The fraction of sp³-hybridized carbons (Fsp3) is 0.333. The Bertz CT molecular complexity index is 594. The minimum Gasteiger partial charge on any atom is -0.334 e. The fourth-order valence-electron chi connectivity index (χ4n) is 1.78. The Morgan fingerprint density at radius 3 is 2.95 bits per heavy atom. The third-order valence-electron chi connectivity index (χ3n) is 2.80. The van der Waals surface area contributed by atoms with Gasteiger partial charge < -0.3 is 10.3 Å². The Labute approximate surface area is 109 Å². The molecular weight excluding hydrogens is 248 g/mol. The van der Waals surface area contributed by atoms with Crippen molar-refractivity contribution in [2.45, 2.75) is 19.8 Å². The van der Waals surface area contributed by atoms with Crippen LogP contribution in [0.25, 0.3) is 11.5 Å². The highest BCUT2D eigenvalue weighted by molar-refractivity contribution is 5.64. The number of rotatable bonds is 5. The van der Waals surface area contributed by atoms with Gasteiger partial charge in [-0.2, -0.15) is 4.98 Å². The van der Waals surface area contributed by atoms with Gasteiger partial charge in [0.15, 0.2) is 5.82 Å². The molecule has 0 amide bonds. The third kappa shape index (κ3) is 2.76. The van der Waals surface area contributed by atoms with Crippen molar-refractivity contribution in [3.05, 3.63) is 39.7 Å². The number of nitro groups is 1. The molecule has 2 aromatic rings. The Morgan fingerprint density at radius 1 is 1.47 bits per heavy atom. The number of benzene rings is 1. The molecule has 0 unspecified atom stereocenters. The summed E-state index contributed by atoms with van der Waals surface area (Å²) in [5.41, 5.74) is 6.55. The molecule has 0 atom stereocenters. The van der Waals surface area contributed by atoms with Crippen LogP contribution in [0.4, 0.5) is 5.69 Å². The van der Waals surface area contributed by atoms with E-state index in [-0.39, 0.29) is 5.69 Å². The van der Waals surface area contributed by atoms with Crippen molar-refractivity contribution < 1.29 is 9.45 Å². The number of nitrogens with two attached hydrogens (primary N) is 1. The van der Waals surface area contributed by atoms with Gasteiger partial charge in [0.25, 0.3) is 11.6 Å². The third-order valence-corrected chi connectivity index (χ3v) is 2.80.